The summed E-state index contributed by atoms with van der Waals surface area (Å²) < 4.78 is 12.7. The van der Waals surface area contributed by atoms with Gasteiger partial charge >= 0.3 is 6.03 Å². The molecule has 0 bridgehead atoms. The molecule has 0 aliphatic rings. The highest BCUT2D eigenvalue weighted by atomic mass is 19.1. The molecule has 0 aliphatic carbocycles. The van der Waals surface area contributed by atoms with E-state index in [1.807, 2.05) is 0 Å². The molecule has 0 aliphatic heterocycles. The van der Waals surface area contributed by atoms with Gasteiger partial charge in [-0.15, -0.1) is 0 Å². The molecule has 0 radical (unpaired) electrons. The van der Waals surface area contributed by atoms with Crippen LogP contribution in [-0.2, 0) is 6.42 Å². The van der Waals surface area contributed by atoms with Crippen LogP contribution >= 0.6 is 0 Å². The number of carbonyl (C=O) groups excluding carboxylic acids is 1. The van der Waals surface area contributed by atoms with Crippen molar-refractivity contribution in [2.24, 2.45) is 0 Å². The lowest BCUT2D eigenvalue weighted by atomic mass is 10.1. The van der Waals surface area contributed by atoms with Crippen molar-refractivity contribution < 1.29 is 14.3 Å². The van der Waals surface area contributed by atoms with E-state index >= 15 is 0 Å². The fourth-order valence-corrected chi connectivity index (χ4v) is 1.93. The van der Waals surface area contributed by atoms with Crippen molar-refractivity contribution in [2.75, 3.05) is 11.9 Å². The fourth-order valence-electron chi connectivity index (χ4n) is 1.93. The molecule has 0 atom stereocenters. The highest BCUT2D eigenvalue weighted by Crippen LogP contribution is 2.19. The largest absolute Gasteiger partial charge is 0.508 e. The first-order chi connectivity index (χ1) is 10.0. The van der Waals surface area contributed by atoms with E-state index < -0.39 is 0 Å². The zero-order valence-electron chi connectivity index (χ0n) is 11.7. The van der Waals surface area contributed by atoms with Gasteiger partial charge in [0.1, 0.15) is 11.6 Å². The molecule has 110 valence electrons. The Balaban J connectivity index is 1.81. The first-order valence-corrected chi connectivity index (χ1v) is 6.63. The summed E-state index contributed by atoms with van der Waals surface area (Å²) in [5.41, 5.74) is 2.38. The van der Waals surface area contributed by atoms with Crippen LogP contribution < -0.4 is 10.6 Å². The van der Waals surface area contributed by atoms with Gasteiger partial charge < -0.3 is 15.7 Å². The van der Waals surface area contributed by atoms with E-state index in [2.05, 4.69) is 10.6 Å². The third-order valence-corrected chi connectivity index (χ3v) is 3.07. The number of hydrogen-bond donors (Lipinski definition) is 3. The number of phenols is 1. The first-order valence-electron chi connectivity index (χ1n) is 6.63. The number of halogens is 1. The van der Waals surface area contributed by atoms with E-state index in [1.165, 1.54) is 18.2 Å². The lowest BCUT2D eigenvalue weighted by Crippen LogP contribution is -2.30. The minimum absolute atomic E-state index is 0.162. The van der Waals surface area contributed by atoms with E-state index in [1.54, 1.807) is 31.2 Å². The molecular weight excluding hydrogens is 271 g/mol. The molecule has 0 spiro atoms. The molecule has 0 saturated carbocycles. The summed E-state index contributed by atoms with van der Waals surface area (Å²) in [7, 11) is 0. The lowest BCUT2D eigenvalue weighted by molar-refractivity contribution is 0.252. The third kappa shape index (κ3) is 4.49. The summed E-state index contributed by atoms with van der Waals surface area (Å²) in [6, 6.07) is 10.6. The maximum atomic E-state index is 12.7. The first kappa shape index (κ1) is 14.8. The van der Waals surface area contributed by atoms with E-state index in [-0.39, 0.29) is 17.6 Å². The van der Waals surface area contributed by atoms with Crippen molar-refractivity contribution in [1.29, 1.82) is 0 Å². The van der Waals surface area contributed by atoms with Crippen molar-refractivity contribution in [3.05, 3.63) is 59.4 Å². The SMILES string of the molecule is Cc1cc(O)ccc1NC(=O)NCCc1ccc(F)cc1. The van der Waals surface area contributed by atoms with Gasteiger partial charge in [-0.3, -0.25) is 0 Å². The lowest BCUT2D eigenvalue weighted by Gasteiger charge is -2.10. The van der Waals surface area contributed by atoms with Crippen LogP contribution in [0.1, 0.15) is 11.1 Å². The number of anilines is 1. The van der Waals surface area contributed by atoms with Gasteiger partial charge in [0, 0.05) is 12.2 Å². The molecule has 3 N–H and O–H groups in total. The van der Waals surface area contributed by atoms with Crippen molar-refractivity contribution in [3.8, 4) is 5.75 Å². The van der Waals surface area contributed by atoms with E-state index in [0.29, 0.717) is 18.7 Å². The Kier molecular flexibility index (Phi) is 4.77. The number of aryl methyl sites for hydroxylation is 1. The molecule has 0 saturated heterocycles. The maximum Gasteiger partial charge on any atom is 0.319 e. The van der Waals surface area contributed by atoms with E-state index in [9.17, 15) is 14.3 Å². The number of phenolic OH excluding ortho intramolecular Hbond substituents is 1. The Morgan fingerprint density at radius 2 is 1.90 bits per heavy atom. The maximum absolute atomic E-state index is 12.7. The zero-order valence-corrected chi connectivity index (χ0v) is 11.7. The van der Waals surface area contributed by atoms with Crippen LogP contribution in [0.25, 0.3) is 0 Å². The minimum atomic E-state index is -0.314. The average molecular weight is 288 g/mol. The van der Waals surface area contributed by atoms with Crippen LogP contribution in [0.5, 0.6) is 5.75 Å². The van der Waals surface area contributed by atoms with Crippen molar-refractivity contribution >= 4 is 11.7 Å². The average Bonchev–Trinajstić information content (AvgIpc) is 2.44. The van der Waals surface area contributed by atoms with Crippen LogP contribution in [0.15, 0.2) is 42.5 Å². The minimum Gasteiger partial charge on any atom is -0.508 e. The van der Waals surface area contributed by atoms with Crippen LogP contribution in [0.3, 0.4) is 0 Å². The molecule has 0 heterocycles. The fraction of sp³-hybridized carbons (Fsp3) is 0.188. The predicted octanol–water partition coefficient (Wildman–Crippen LogP) is 3.20. The molecule has 2 amide bonds. The Bertz CT molecular complexity index is 627. The van der Waals surface area contributed by atoms with Gasteiger partial charge in [0.2, 0.25) is 0 Å². The Labute approximate surface area is 122 Å². The Hall–Kier alpha value is -2.56. The molecule has 0 fully saturated rings. The van der Waals surface area contributed by atoms with Gasteiger partial charge in [-0.1, -0.05) is 12.1 Å². The number of benzene rings is 2. The number of rotatable bonds is 4. The summed E-state index contributed by atoms with van der Waals surface area (Å²) in [4.78, 5) is 11.7. The molecule has 2 aromatic carbocycles. The summed E-state index contributed by atoms with van der Waals surface area (Å²) >= 11 is 0. The molecular formula is C16H17FN2O2. The summed E-state index contributed by atoms with van der Waals surface area (Å²) in [6.45, 7) is 2.25. The van der Waals surface area contributed by atoms with Crippen molar-refractivity contribution in [1.82, 2.24) is 5.32 Å². The van der Waals surface area contributed by atoms with Crippen LogP contribution in [0.4, 0.5) is 14.9 Å². The van der Waals surface area contributed by atoms with Crippen molar-refractivity contribution in [2.45, 2.75) is 13.3 Å². The summed E-state index contributed by atoms with van der Waals surface area (Å²) in [5.74, 6) is -0.109. The van der Waals surface area contributed by atoms with Gasteiger partial charge in [-0.25, -0.2) is 9.18 Å². The predicted molar refractivity (Wildman–Crippen MR) is 80.0 cm³/mol. The molecule has 2 rings (SSSR count). The number of nitrogens with one attached hydrogen (secondary N) is 2. The summed E-state index contributed by atoms with van der Waals surface area (Å²) in [6.07, 6.45) is 0.627. The van der Waals surface area contributed by atoms with Crippen LogP contribution in [0, 0.1) is 12.7 Å². The smallest absolute Gasteiger partial charge is 0.319 e. The molecule has 0 aromatic heterocycles. The number of urea groups is 1. The monoisotopic (exact) mass is 288 g/mol. The second kappa shape index (κ2) is 6.74. The topological polar surface area (TPSA) is 61.4 Å². The molecule has 2 aromatic rings. The normalized spacial score (nSPS) is 10.2. The van der Waals surface area contributed by atoms with Gasteiger partial charge in [-0.2, -0.15) is 0 Å². The number of hydrogen-bond acceptors (Lipinski definition) is 2. The van der Waals surface area contributed by atoms with Gasteiger partial charge in [0.15, 0.2) is 0 Å². The van der Waals surface area contributed by atoms with Crippen LogP contribution in [-0.4, -0.2) is 17.7 Å². The van der Waals surface area contributed by atoms with Gasteiger partial charge in [-0.05, 0) is 54.8 Å². The number of aromatic hydroxyl groups is 1. The Morgan fingerprint density at radius 1 is 1.19 bits per heavy atom. The standard InChI is InChI=1S/C16H17FN2O2/c1-11-10-14(20)6-7-15(11)19-16(21)18-9-8-12-2-4-13(17)5-3-12/h2-7,10,20H,8-9H2,1H3,(H2,18,19,21). The molecule has 0 unspecified atom stereocenters. The zero-order chi connectivity index (χ0) is 15.2. The molecule has 4 nitrogen and oxygen atoms in total. The second-order valence-corrected chi connectivity index (χ2v) is 4.76. The van der Waals surface area contributed by atoms with E-state index in [0.717, 1.165) is 11.1 Å². The quantitative estimate of drug-likeness (QED) is 0.757. The highest BCUT2D eigenvalue weighted by molar-refractivity contribution is 5.90. The number of amides is 2. The van der Waals surface area contributed by atoms with Crippen LogP contribution in [0.2, 0.25) is 0 Å². The number of carbonyl (C=O) groups is 1. The Morgan fingerprint density at radius 3 is 2.57 bits per heavy atom. The molecule has 5 heteroatoms. The molecule has 21 heavy (non-hydrogen) atoms. The highest BCUT2D eigenvalue weighted by Gasteiger charge is 2.04. The summed E-state index contributed by atoms with van der Waals surface area (Å²) in [5, 5.41) is 14.7. The van der Waals surface area contributed by atoms with Gasteiger partial charge in [0.05, 0.1) is 0 Å². The third-order valence-electron chi connectivity index (χ3n) is 3.07. The second-order valence-electron chi connectivity index (χ2n) is 4.76. The van der Waals surface area contributed by atoms with E-state index in [4.69, 9.17) is 0 Å². The van der Waals surface area contributed by atoms with Crippen molar-refractivity contribution in [3.63, 3.8) is 0 Å². The van der Waals surface area contributed by atoms with Gasteiger partial charge in [0.25, 0.3) is 0 Å².